The molecule has 19 heavy (non-hydrogen) atoms. The van der Waals surface area contributed by atoms with E-state index in [9.17, 15) is 4.39 Å². The molecular weight excluding hydrogens is 307 g/mol. The van der Waals surface area contributed by atoms with E-state index in [2.05, 4.69) is 34.7 Å². The first-order valence-corrected chi connectivity index (χ1v) is 7.71. The van der Waals surface area contributed by atoms with Gasteiger partial charge in [-0.2, -0.15) is 0 Å². The summed E-state index contributed by atoms with van der Waals surface area (Å²) in [4.78, 5) is 2.45. The van der Waals surface area contributed by atoms with Crippen LogP contribution in [0.3, 0.4) is 0 Å². The Hall–Kier alpha value is -0.450. The third-order valence-corrected chi connectivity index (χ3v) is 5.10. The van der Waals surface area contributed by atoms with Crippen LogP contribution in [0.25, 0.3) is 0 Å². The Morgan fingerprint density at radius 2 is 2.26 bits per heavy atom. The number of halogens is 2. The van der Waals surface area contributed by atoms with Gasteiger partial charge in [-0.05, 0) is 56.0 Å². The second-order valence-electron chi connectivity index (χ2n) is 5.60. The highest BCUT2D eigenvalue weighted by Crippen LogP contribution is 2.32. The second kappa shape index (κ2) is 6.33. The average molecular weight is 329 g/mol. The van der Waals surface area contributed by atoms with Crippen LogP contribution in [0.4, 0.5) is 4.39 Å². The molecule has 0 spiro atoms. The molecule has 2 N–H and O–H groups in total. The van der Waals surface area contributed by atoms with Crippen molar-refractivity contribution in [3.8, 4) is 0 Å². The van der Waals surface area contributed by atoms with Gasteiger partial charge in [0.2, 0.25) is 0 Å². The standard InChI is InChI=1S/C15H22BrFN2/c1-10-5-6-19(9-12(10)8-18)11(2)14-4-3-13(17)7-15(14)16/h3-4,7,10-12H,5-6,8-9,18H2,1-2H3. The van der Waals surface area contributed by atoms with Crippen LogP contribution >= 0.6 is 15.9 Å². The first-order valence-electron chi connectivity index (χ1n) is 6.92. The molecule has 2 nitrogen and oxygen atoms in total. The smallest absolute Gasteiger partial charge is 0.124 e. The van der Waals surface area contributed by atoms with Crippen LogP contribution in [-0.4, -0.2) is 24.5 Å². The molecule has 1 fully saturated rings. The van der Waals surface area contributed by atoms with Crippen LogP contribution in [-0.2, 0) is 0 Å². The molecule has 4 heteroatoms. The zero-order valence-corrected chi connectivity index (χ0v) is 13.2. The molecule has 106 valence electrons. The van der Waals surface area contributed by atoms with Crippen molar-refractivity contribution in [3.05, 3.63) is 34.1 Å². The van der Waals surface area contributed by atoms with Gasteiger partial charge in [-0.15, -0.1) is 0 Å². The summed E-state index contributed by atoms with van der Waals surface area (Å²) in [6.07, 6.45) is 1.19. The Balaban J connectivity index is 2.13. The summed E-state index contributed by atoms with van der Waals surface area (Å²) < 4.78 is 14.0. The Morgan fingerprint density at radius 1 is 1.53 bits per heavy atom. The molecular formula is C15H22BrFN2. The quantitative estimate of drug-likeness (QED) is 0.919. The van der Waals surface area contributed by atoms with Gasteiger partial charge in [-0.1, -0.05) is 28.9 Å². The first-order chi connectivity index (χ1) is 9.02. The summed E-state index contributed by atoms with van der Waals surface area (Å²) in [5.41, 5.74) is 7.00. The molecule has 3 unspecified atom stereocenters. The van der Waals surface area contributed by atoms with Crippen LogP contribution in [0.5, 0.6) is 0 Å². The number of nitrogens with two attached hydrogens (primary N) is 1. The molecule has 1 aliphatic heterocycles. The van der Waals surface area contributed by atoms with E-state index in [1.165, 1.54) is 12.5 Å². The third kappa shape index (κ3) is 3.36. The number of nitrogens with zero attached hydrogens (tertiary/aromatic N) is 1. The highest BCUT2D eigenvalue weighted by atomic mass is 79.9. The largest absolute Gasteiger partial charge is 0.330 e. The van der Waals surface area contributed by atoms with Crippen LogP contribution < -0.4 is 5.73 Å². The molecule has 0 amide bonds. The lowest BCUT2D eigenvalue weighted by atomic mass is 9.86. The molecule has 3 atom stereocenters. The highest BCUT2D eigenvalue weighted by molar-refractivity contribution is 9.10. The van der Waals surface area contributed by atoms with Crippen LogP contribution in [0.1, 0.15) is 31.9 Å². The predicted octanol–water partition coefficient (Wildman–Crippen LogP) is 3.57. The normalized spacial score (nSPS) is 26.4. The number of hydrogen-bond donors (Lipinski definition) is 1. The topological polar surface area (TPSA) is 29.3 Å². The second-order valence-corrected chi connectivity index (χ2v) is 6.45. The van der Waals surface area contributed by atoms with E-state index in [0.29, 0.717) is 11.8 Å². The van der Waals surface area contributed by atoms with Crippen molar-refractivity contribution in [1.82, 2.24) is 4.90 Å². The van der Waals surface area contributed by atoms with Gasteiger partial charge in [0, 0.05) is 17.1 Å². The minimum Gasteiger partial charge on any atom is -0.330 e. The van der Waals surface area contributed by atoms with E-state index < -0.39 is 0 Å². The number of rotatable bonds is 3. The summed E-state index contributed by atoms with van der Waals surface area (Å²) in [6, 6.07) is 5.23. The van der Waals surface area contributed by atoms with Gasteiger partial charge in [-0.25, -0.2) is 4.39 Å². The van der Waals surface area contributed by atoms with Gasteiger partial charge in [0.25, 0.3) is 0 Å². The predicted molar refractivity (Wildman–Crippen MR) is 80.4 cm³/mol. The average Bonchev–Trinajstić information content (AvgIpc) is 2.38. The number of likely N-dealkylation sites (tertiary alicyclic amines) is 1. The molecule has 1 aromatic rings. The van der Waals surface area contributed by atoms with E-state index in [1.807, 2.05) is 6.07 Å². The lowest BCUT2D eigenvalue weighted by Gasteiger charge is -2.40. The number of piperidine rings is 1. The zero-order chi connectivity index (χ0) is 14.0. The van der Waals surface area contributed by atoms with Crippen molar-refractivity contribution < 1.29 is 4.39 Å². The molecule has 0 saturated carbocycles. The van der Waals surface area contributed by atoms with Gasteiger partial charge in [0.1, 0.15) is 5.82 Å². The maximum Gasteiger partial charge on any atom is 0.124 e. The Labute approximate surface area is 123 Å². The lowest BCUT2D eigenvalue weighted by Crippen LogP contribution is -2.43. The van der Waals surface area contributed by atoms with Crippen LogP contribution in [0.2, 0.25) is 0 Å². The number of benzene rings is 1. The van der Waals surface area contributed by atoms with Crippen LogP contribution in [0.15, 0.2) is 22.7 Å². The maximum atomic E-state index is 13.2. The van der Waals surface area contributed by atoms with Crippen LogP contribution in [0, 0.1) is 17.7 Å². The van der Waals surface area contributed by atoms with E-state index in [1.54, 1.807) is 6.07 Å². The van der Waals surface area contributed by atoms with Crippen molar-refractivity contribution in [2.24, 2.45) is 17.6 Å². The Bertz CT molecular complexity index is 438. The fourth-order valence-electron chi connectivity index (χ4n) is 2.87. The van der Waals surface area contributed by atoms with E-state index in [0.717, 1.165) is 29.7 Å². The zero-order valence-electron chi connectivity index (χ0n) is 11.6. The van der Waals surface area contributed by atoms with E-state index >= 15 is 0 Å². The van der Waals surface area contributed by atoms with Gasteiger partial charge < -0.3 is 5.73 Å². The molecule has 0 aromatic heterocycles. The van der Waals surface area contributed by atoms with Crippen molar-refractivity contribution in [2.75, 3.05) is 19.6 Å². The summed E-state index contributed by atoms with van der Waals surface area (Å²) in [7, 11) is 0. The Kier molecular flexibility index (Phi) is 4.98. The van der Waals surface area contributed by atoms with Gasteiger partial charge >= 0.3 is 0 Å². The minimum absolute atomic E-state index is 0.199. The lowest BCUT2D eigenvalue weighted by molar-refractivity contribution is 0.0975. The van der Waals surface area contributed by atoms with Gasteiger partial charge in [-0.3, -0.25) is 4.90 Å². The molecule has 0 radical (unpaired) electrons. The van der Waals surface area contributed by atoms with Gasteiger partial charge in [0.05, 0.1) is 0 Å². The molecule has 1 aromatic carbocycles. The maximum absolute atomic E-state index is 13.2. The summed E-state index contributed by atoms with van der Waals surface area (Å²) in [5.74, 6) is 1.07. The minimum atomic E-state index is -0.199. The molecule has 1 saturated heterocycles. The van der Waals surface area contributed by atoms with Crippen molar-refractivity contribution in [1.29, 1.82) is 0 Å². The molecule has 1 aliphatic rings. The van der Waals surface area contributed by atoms with Crippen molar-refractivity contribution in [3.63, 3.8) is 0 Å². The summed E-state index contributed by atoms with van der Waals surface area (Å²) >= 11 is 3.47. The fourth-order valence-corrected chi connectivity index (χ4v) is 3.56. The van der Waals surface area contributed by atoms with Gasteiger partial charge in [0.15, 0.2) is 0 Å². The summed E-state index contributed by atoms with van der Waals surface area (Å²) in [5, 5.41) is 0. The monoisotopic (exact) mass is 328 g/mol. The van der Waals surface area contributed by atoms with Crippen molar-refractivity contribution in [2.45, 2.75) is 26.3 Å². The third-order valence-electron chi connectivity index (χ3n) is 4.41. The van der Waals surface area contributed by atoms with E-state index in [4.69, 9.17) is 5.73 Å². The van der Waals surface area contributed by atoms with E-state index in [-0.39, 0.29) is 11.9 Å². The Morgan fingerprint density at radius 3 is 2.89 bits per heavy atom. The first kappa shape index (κ1) is 14.9. The molecule has 1 heterocycles. The molecule has 0 aliphatic carbocycles. The SMILES string of the molecule is CC1CCN(C(C)c2ccc(F)cc2Br)CC1CN. The highest BCUT2D eigenvalue weighted by Gasteiger charge is 2.28. The van der Waals surface area contributed by atoms with Crippen molar-refractivity contribution >= 4 is 15.9 Å². The molecule has 2 rings (SSSR count). The number of hydrogen-bond acceptors (Lipinski definition) is 2. The molecule has 0 bridgehead atoms. The summed E-state index contributed by atoms with van der Waals surface area (Å²) in [6.45, 7) is 7.33. The fraction of sp³-hybridized carbons (Fsp3) is 0.600.